The van der Waals surface area contributed by atoms with Crippen molar-refractivity contribution in [3.63, 3.8) is 0 Å². The van der Waals surface area contributed by atoms with Gasteiger partial charge >= 0.3 is 0 Å². The van der Waals surface area contributed by atoms with Gasteiger partial charge in [-0.25, -0.2) is 4.39 Å². The third-order valence-electron chi connectivity index (χ3n) is 2.59. The van der Waals surface area contributed by atoms with Gasteiger partial charge in [-0.05, 0) is 58.2 Å². The molecule has 1 N–H and O–H groups in total. The van der Waals surface area contributed by atoms with Crippen molar-refractivity contribution in [1.29, 1.82) is 5.26 Å². The van der Waals surface area contributed by atoms with E-state index in [0.717, 1.165) is 22.3 Å². The zero-order valence-corrected chi connectivity index (χ0v) is 12.5. The molecule has 0 atom stereocenters. The fourth-order valence-corrected chi connectivity index (χ4v) is 3.23. The van der Waals surface area contributed by atoms with Crippen molar-refractivity contribution in [3.8, 4) is 6.07 Å². The predicted octanol–water partition coefficient (Wildman–Crippen LogP) is 3.85. The van der Waals surface area contributed by atoms with Gasteiger partial charge in [0.25, 0.3) is 0 Å². The van der Waals surface area contributed by atoms with Crippen LogP contribution in [0.4, 0.5) is 4.39 Å². The summed E-state index contributed by atoms with van der Waals surface area (Å²) in [6.07, 6.45) is 0.941. The summed E-state index contributed by atoms with van der Waals surface area (Å²) in [7, 11) is 0. The molecule has 1 aromatic carbocycles. The van der Waals surface area contributed by atoms with E-state index in [9.17, 15) is 4.39 Å². The van der Waals surface area contributed by atoms with Gasteiger partial charge in [0.2, 0.25) is 0 Å². The Kier molecular flexibility index (Phi) is 5.08. The van der Waals surface area contributed by atoms with Crippen LogP contribution < -0.4 is 5.32 Å². The van der Waals surface area contributed by atoms with Crippen LogP contribution in [-0.4, -0.2) is 6.54 Å². The summed E-state index contributed by atoms with van der Waals surface area (Å²) in [5, 5.41) is 12.0. The molecule has 0 unspecified atom stereocenters. The highest BCUT2D eigenvalue weighted by atomic mass is 79.9. The van der Waals surface area contributed by atoms with Crippen molar-refractivity contribution in [3.05, 3.63) is 55.9 Å². The molecule has 5 heteroatoms. The van der Waals surface area contributed by atoms with Crippen LogP contribution in [0.3, 0.4) is 0 Å². The van der Waals surface area contributed by atoms with Gasteiger partial charge in [0, 0.05) is 18.0 Å². The highest BCUT2D eigenvalue weighted by Gasteiger charge is 2.01. The van der Waals surface area contributed by atoms with Crippen molar-refractivity contribution in [1.82, 2.24) is 5.32 Å². The molecule has 0 bridgehead atoms. The van der Waals surface area contributed by atoms with Crippen LogP contribution in [-0.2, 0) is 13.0 Å². The molecule has 1 heterocycles. The molecule has 0 aliphatic rings. The number of hydrogen-bond donors (Lipinski definition) is 1. The Hall–Kier alpha value is -1.22. The summed E-state index contributed by atoms with van der Waals surface area (Å²) >= 11 is 5.14. The molecule has 1 aromatic heterocycles. The lowest BCUT2D eigenvalue weighted by Crippen LogP contribution is -2.16. The summed E-state index contributed by atoms with van der Waals surface area (Å²) in [4.78, 5) is 1.30. The van der Waals surface area contributed by atoms with Crippen molar-refractivity contribution < 1.29 is 4.39 Å². The van der Waals surface area contributed by atoms with E-state index in [1.54, 1.807) is 17.4 Å². The molecule has 0 aliphatic heterocycles. The lowest BCUT2D eigenvalue weighted by molar-refractivity contribution is 0.619. The second kappa shape index (κ2) is 6.80. The molecule has 0 saturated heterocycles. The topological polar surface area (TPSA) is 35.8 Å². The normalized spacial score (nSPS) is 10.4. The first kappa shape index (κ1) is 14.2. The van der Waals surface area contributed by atoms with Crippen LogP contribution in [0.15, 0.2) is 34.1 Å². The zero-order valence-electron chi connectivity index (χ0n) is 10.1. The average molecular weight is 339 g/mol. The minimum Gasteiger partial charge on any atom is -0.312 e. The highest BCUT2D eigenvalue weighted by molar-refractivity contribution is 9.11. The number of nitriles is 1. The largest absolute Gasteiger partial charge is 0.312 e. The second-order valence-corrected chi connectivity index (χ2v) is 6.64. The molecule has 0 spiro atoms. The monoisotopic (exact) mass is 338 g/mol. The zero-order chi connectivity index (χ0) is 13.7. The quantitative estimate of drug-likeness (QED) is 0.840. The van der Waals surface area contributed by atoms with Gasteiger partial charge in [-0.2, -0.15) is 5.26 Å². The van der Waals surface area contributed by atoms with E-state index in [2.05, 4.69) is 27.3 Å². The van der Waals surface area contributed by atoms with E-state index >= 15 is 0 Å². The molecule has 2 nitrogen and oxygen atoms in total. The molecule has 98 valence electrons. The predicted molar refractivity (Wildman–Crippen MR) is 78.5 cm³/mol. The summed E-state index contributed by atoms with van der Waals surface area (Å²) in [6, 6.07) is 10.5. The minimum atomic E-state index is -0.363. The van der Waals surface area contributed by atoms with Gasteiger partial charge in [0.05, 0.1) is 15.4 Å². The Morgan fingerprint density at radius 3 is 2.84 bits per heavy atom. The van der Waals surface area contributed by atoms with Crippen LogP contribution in [0.2, 0.25) is 0 Å². The van der Waals surface area contributed by atoms with Gasteiger partial charge in [-0.1, -0.05) is 0 Å². The van der Waals surface area contributed by atoms with Crippen molar-refractivity contribution >= 4 is 27.3 Å². The smallest absolute Gasteiger partial charge is 0.124 e. The molecule has 0 fully saturated rings. The minimum absolute atomic E-state index is 0.360. The fraction of sp³-hybridized carbons (Fsp3) is 0.214. The maximum absolute atomic E-state index is 13.2. The Balaban J connectivity index is 1.83. The van der Waals surface area contributed by atoms with E-state index in [-0.39, 0.29) is 5.82 Å². The lowest BCUT2D eigenvalue weighted by atomic mass is 10.1. The standard InChI is InChI=1S/C14H12BrFN2S/c15-14-2-1-13(19-14)3-4-18-9-11-5-10(8-17)6-12(16)7-11/h1-2,5-7,18H,3-4,9H2. The third kappa shape index (κ3) is 4.43. The van der Waals surface area contributed by atoms with Crippen LogP contribution >= 0.6 is 27.3 Å². The average Bonchev–Trinajstić information content (AvgIpc) is 2.80. The number of benzene rings is 1. The van der Waals surface area contributed by atoms with Gasteiger partial charge in [0.1, 0.15) is 5.82 Å². The van der Waals surface area contributed by atoms with Gasteiger partial charge in [-0.15, -0.1) is 11.3 Å². The SMILES string of the molecule is N#Cc1cc(F)cc(CNCCc2ccc(Br)s2)c1. The van der Waals surface area contributed by atoms with E-state index in [0.29, 0.717) is 12.1 Å². The Labute approximate surface area is 124 Å². The molecular weight excluding hydrogens is 327 g/mol. The molecule has 2 aromatic rings. The number of halogens is 2. The Bertz CT molecular complexity index is 604. The molecule has 0 aliphatic carbocycles. The summed E-state index contributed by atoms with van der Waals surface area (Å²) in [5.74, 6) is -0.363. The first-order chi connectivity index (χ1) is 9.17. The third-order valence-corrected chi connectivity index (χ3v) is 4.28. The van der Waals surface area contributed by atoms with E-state index in [1.165, 1.54) is 17.0 Å². The van der Waals surface area contributed by atoms with E-state index < -0.39 is 0 Å². The Morgan fingerprint density at radius 1 is 1.32 bits per heavy atom. The first-order valence-corrected chi connectivity index (χ1v) is 7.43. The summed E-state index contributed by atoms with van der Waals surface area (Å²) < 4.78 is 14.3. The lowest BCUT2D eigenvalue weighted by Gasteiger charge is -2.05. The Morgan fingerprint density at radius 2 is 2.16 bits per heavy atom. The molecule has 0 radical (unpaired) electrons. The number of hydrogen-bond acceptors (Lipinski definition) is 3. The van der Waals surface area contributed by atoms with Crippen LogP contribution in [0.5, 0.6) is 0 Å². The highest BCUT2D eigenvalue weighted by Crippen LogP contribution is 2.22. The maximum atomic E-state index is 13.2. The van der Waals surface area contributed by atoms with Gasteiger partial charge < -0.3 is 5.32 Å². The molecular formula is C14H12BrFN2S. The van der Waals surface area contributed by atoms with Crippen LogP contribution in [0.25, 0.3) is 0 Å². The molecule has 0 saturated carbocycles. The van der Waals surface area contributed by atoms with Gasteiger partial charge in [0.15, 0.2) is 0 Å². The molecule has 0 amide bonds. The van der Waals surface area contributed by atoms with Crippen LogP contribution in [0.1, 0.15) is 16.0 Å². The number of thiophene rings is 1. The first-order valence-electron chi connectivity index (χ1n) is 5.82. The maximum Gasteiger partial charge on any atom is 0.124 e. The van der Waals surface area contributed by atoms with Crippen molar-refractivity contribution in [2.45, 2.75) is 13.0 Å². The van der Waals surface area contributed by atoms with E-state index in [1.807, 2.05) is 12.1 Å². The van der Waals surface area contributed by atoms with E-state index in [4.69, 9.17) is 5.26 Å². The number of nitrogens with zero attached hydrogens (tertiary/aromatic N) is 1. The summed E-state index contributed by atoms with van der Waals surface area (Å²) in [6.45, 7) is 1.39. The molecule has 2 rings (SSSR count). The summed E-state index contributed by atoms with van der Waals surface area (Å²) in [5.41, 5.74) is 1.16. The molecule has 19 heavy (non-hydrogen) atoms. The van der Waals surface area contributed by atoms with Gasteiger partial charge in [-0.3, -0.25) is 0 Å². The van der Waals surface area contributed by atoms with Crippen molar-refractivity contribution in [2.75, 3.05) is 6.54 Å². The second-order valence-electron chi connectivity index (χ2n) is 4.09. The van der Waals surface area contributed by atoms with Crippen molar-refractivity contribution in [2.24, 2.45) is 0 Å². The van der Waals surface area contributed by atoms with Crippen LogP contribution in [0, 0.1) is 17.1 Å². The number of nitrogens with one attached hydrogen (secondary N) is 1. The number of rotatable bonds is 5. The fourth-order valence-electron chi connectivity index (χ4n) is 1.75.